The van der Waals surface area contributed by atoms with Crippen molar-refractivity contribution in [2.75, 3.05) is 11.4 Å². The van der Waals surface area contributed by atoms with E-state index in [0.717, 1.165) is 29.5 Å². The highest BCUT2D eigenvalue weighted by Gasteiger charge is 2.32. The quantitative estimate of drug-likeness (QED) is 0.494. The number of nitrogens with one attached hydrogen (secondary N) is 1. The molecule has 0 heterocycles. The first kappa shape index (κ1) is 25.6. The van der Waals surface area contributed by atoms with Crippen LogP contribution in [0, 0.1) is 0 Å². The lowest BCUT2D eigenvalue weighted by Gasteiger charge is -2.36. The summed E-state index contributed by atoms with van der Waals surface area (Å²) in [5.41, 5.74) is 8.81. The average molecular weight is 468 g/mol. The molecule has 0 spiro atoms. The summed E-state index contributed by atoms with van der Waals surface area (Å²) in [6.45, 7) is 6.09. The number of amides is 2. The van der Waals surface area contributed by atoms with Gasteiger partial charge in [-0.25, -0.2) is 9.59 Å². The lowest BCUT2D eigenvalue weighted by atomic mass is 9.89. The predicted octanol–water partition coefficient (Wildman–Crippen LogP) is 5.57. The average Bonchev–Trinajstić information content (AvgIpc) is 2.78. The second-order valence-electron chi connectivity index (χ2n) is 9.91. The van der Waals surface area contributed by atoms with E-state index >= 15 is 0 Å². The fraction of sp³-hybridized carbons (Fsp3) is 0.481. The molecule has 2 aromatic carbocycles. The largest absolute Gasteiger partial charge is 0.465 e. The maximum absolute atomic E-state index is 12.5. The predicted molar refractivity (Wildman–Crippen MR) is 135 cm³/mol. The Hall–Kier alpha value is -3.06. The second-order valence-corrected chi connectivity index (χ2v) is 9.91. The van der Waals surface area contributed by atoms with Crippen molar-refractivity contribution in [3.8, 4) is 11.1 Å². The summed E-state index contributed by atoms with van der Waals surface area (Å²) >= 11 is 0. The Morgan fingerprint density at radius 2 is 1.76 bits per heavy atom. The van der Waals surface area contributed by atoms with Gasteiger partial charge in [0, 0.05) is 17.6 Å². The fourth-order valence-electron chi connectivity index (χ4n) is 4.51. The molecule has 3 rings (SSSR count). The minimum Gasteiger partial charge on any atom is -0.465 e. The van der Waals surface area contributed by atoms with E-state index in [0.29, 0.717) is 37.9 Å². The van der Waals surface area contributed by atoms with Crippen LogP contribution in [0.3, 0.4) is 0 Å². The number of hydrogen-bond donors (Lipinski definition) is 3. The van der Waals surface area contributed by atoms with Gasteiger partial charge in [-0.15, -0.1) is 0 Å². The number of anilines is 1. The molecule has 1 aliphatic rings. The van der Waals surface area contributed by atoms with Crippen molar-refractivity contribution < 1.29 is 19.4 Å². The zero-order valence-electron chi connectivity index (χ0n) is 20.4. The fourth-order valence-corrected chi connectivity index (χ4v) is 4.51. The summed E-state index contributed by atoms with van der Waals surface area (Å²) in [6, 6.07) is 15.8. The Labute approximate surface area is 202 Å². The van der Waals surface area contributed by atoms with E-state index in [1.54, 1.807) is 0 Å². The summed E-state index contributed by atoms with van der Waals surface area (Å²) in [4.78, 5) is 26.2. The molecule has 0 aliphatic heterocycles. The molecule has 0 unspecified atom stereocenters. The number of carboxylic acid groups (broad SMARTS) is 1. The summed E-state index contributed by atoms with van der Waals surface area (Å²) in [5.74, 6) is 0. The van der Waals surface area contributed by atoms with Gasteiger partial charge in [-0.3, -0.25) is 4.90 Å². The molecule has 0 aromatic heterocycles. The highest BCUT2D eigenvalue weighted by atomic mass is 16.6. The molecule has 184 valence electrons. The van der Waals surface area contributed by atoms with Crippen LogP contribution < -0.4 is 16.0 Å². The van der Waals surface area contributed by atoms with E-state index in [1.807, 2.05) is 63.2 Å². The number of benzene rings is 2. The van der Waals surface area contributed by atoms with Crippen LogP contribution in [-0.4, -0.2) is 41.5 Å². The lowest BCUT2D eigenvalue weighted by Crippen LogP contribution is -2.47. The van der Waals surface area contributed by atoms with Crippen molar-refractivity contribution in [2.45, 2.75) is 77.0 Å². The molecule has 0 saturated heterocycles. The lowest BCUT2D eigenvalue weighted by molar-refractivity contribution is 0.0490. The molecule has 7 nitrogen and oxygen atoms in total. The molecule has 7 heteroatoms. The van der Waals surface area contributed by atoms with Crippen LogP contribution in [0.5, 0.6) is 0 Å². The number of hydrogen-bond acceptors (Lipinski definition) is 4. The van der Waals surface area contributed by atoms with Crippen LogP contribution >= 0.6 is 0 Å². The van der Waals surface area contributed by atoms with Gasteiger partial charge in [0.25, 0.3) is 0 Å². The van der Waals surface area contributed by atoms with Crippen molar-refractivity contribution in [3.05, 3.63) is 54.1 Å². The third-order valence-corrected chi connectivity index (χ3v) is 6.06. The standard InChI is InChI=1S/C27H37N3O4/c1-27(2,3)34-25(31)29-21-12-14-22(15-13-21)30(26(32)33)24-18-19(8-7-17-28)11-16-23(24)20-9-5-4-6-10-20/h4-6,9-11,16,18,21-22H,7-8,12-15,17,28H2,1-3H3,(H,29,31)(H,32,33). The Balaban J connectivity index is 1.82. The first-order valence-corrected chi connectivity index (χ1v) is 12.1. The van der Waals surface area contributed by atoms with E-state index in [-0.39, 0.29) is 12.1 Å². The molecule has 34 heavy (non-hydrogen) atoms. The van der Waals surface area contributed by atoms with Gasteiger partial charge in [0.05, 0.1) is 5.69 Å². The highest BCUT2D eigenvalue weighted by Crippen LogP contribution is 2.36. The monoisotopic (exact) mass is 467 g/mol. The molecule has 0 radical (unpaired) electrons. The first-order valence-electron chi connectivity index (χ1n) is 12.1. The zero-order valence-corrected chi connectivity index (χ0v) is 20.4. The van der Waals surface area contributed by atoms with Crippen LogP contribution in [0.1, 0.15) is 58.4 Å². The molecule has 1 saturated carbocycles. The van der Waals surface area contributed by atoms with Crippen LogP contribution in [0.25, 0.3) is 11.1 Å². The van der Waals surface area contributed by atoms with Gasteiger partial charge < -0.3 is 20.9 Å². The highest BCUT2D eigenvalue weighted by molar-refractivity contribution is 5.93. The summed E-state index contributed by atoms with van der Waals surface area (Å²) < 4.78 is 5.37. The number of alkyl carbamates (subject to hydrolysis) is 1. The minimum absolute atomic E-state index is 0.0220. The summed E-state index contributed by atoms with van der Waals surface area (Å²) in [7, 11) is 0. The van der Waals surface area contributed by atoms with Crippen LogP contribution in [0.2, 0.25) is 0 Å². The third kappa shape index (κ3) is 6.97. The summed E-state index contributed by atoms with van der Waals surface area (Å²) in [5, 5.41) is 13.2. The first-order chi connectivity index (χ1) is 16.2. The molecule has 0 bridgehead atoms. The van der Waals surface area contributed by atoms with Gasteiger partial charge >= 0.3 is 12.2 Å². The number of aryl methyl sites for hydroxylation is 1. The van der Waals surface area contributed by atoms with Crippen molar-refractivity contribution in [3.63, 3.8) is 0 Å². The Morgan fingerprint density at radius 3 is 2.35 bits per heavy atom. The van der Waals surface area contributed by atoms with Crippen molar-refractivity contribution in [1.29, 1.82) is 0 Å². The molecule has 1 aliphatic carbocycles. The van der Waals surface area contributed by atoms with E-state index in [4.69, 9.17) is 10.5 Å². The van der Waals surface area contributed by atoms with Gasteiger partial charge in [-0.05, 0) is 83.0 Å². The van der Waals surface area contributed by atoms with E-state index in [2.05, 4.69) is 11.4 Å². The number of carbonyl (C=O) groups is 2. The molecule has 2 amide bonds. The van der Waals surface area contributed by atoms with Gasteiger partial charge in [0.15, 0.2) is 0 Å². The van der Waals surface area contributed by atoms with E-state index < -0.39 is 17.8 Å². The van der Waals surface area contributed by atoms with Crippen LogP contribution in [-0.2, 0) is 11.2 Å². The number of nitrogens with two attached hydrogens (primary N) is 1. The normalized spacial score (nSPS) is 18.2. The molecular formula is C27H37N3O4. The number of rotatable bonds is 7. The van der Waals surface area contributed by atoms with E-state index in [1.165, 1.54) is 4.90 Å². The number of carbonyl (C=O) groups excluding carboxylic acids is 1. The molecule has 0 atom stereocenters. The summed E-state index contributed by atoms with van der Waals surface area (Å²) in [6.07, 6.45) is 2.98. The number of ether oxygens (including phenoxy) is 1. The second kappa shape index (κ2) is 11.4. The Kier molecular flexibility index (Phi) is 8.56. The zero-order chi connectivity index (χ0) is 24.7. The van der Waals surface area contributed by atoms with Crippen LogP contribution in [0.15, 0.2) is 48.5 Å². The third-order valence-electron chi connectivity index (χ3n) is 6.06. The molecular weight excluding hydrogens is 430 g/mol. The Bertz CT molecular complexity index is 964. The molecule has 1 fully saturated rings. The maximum atomic E-state index is 12.5. The van der Waals surface area contributed by atoms with Crippen molar-refractivity contribution >= 4 is 17.9 Å². The number of nitrogens with zero attached hydrogens (tertiary/aromatic N) is 1. The van der Waals surface area contributed by atoms with Crippen molar-refractivity contribution in [2.24, 2.45) is 5.73 Å². The van der Waals surface area contributed by atoms with E-state index in [9.17, 15) is 14.7 Å². The van der Waals surface area contributed by atoms with Gasteiger partial charge in [-0.2, -0.15) is 0 Å². The van der Waals surface area contributed by atoms with Gasteiger partial charge in [-0.1, -0.05) is 42.5 Å². The smallest absolute Gasteiger partial charge is 0.412 e. The van der Waals surface area contributed by atoms with Crippen LogP contribution in [0.4, 0.5) is 15.3 Å². The topological polar surface area (TPSA) is 105 Å². The Morgan fingerprint density at radius 1 is 1.09 bits per heavy atom. The maximum Gasteiger partial charge on any atom is 0.412 e. The van der Waals surface area contributed by atoms with Gasteiger partial charge in [0.1, 0.15) is 5.60 Å². The SMILES string of the molecule is CC(C)(C)OC(=O)NC1CCC(N(C(=O)O)c2cc(CCCN)ccc2-c2ccccc2)CC1. The molecule has 2 aromatic rings. The minimum atomic E-state index is -0.961. The van der Waals surface area contributed by atoms with Crippen molar-refractivity contribution in [1.82, 2.24) is 5.32 Å². The molecule has 4 N–H and O–H groups in total. The van der Waals surface area contributed by atoms with Gasteiger partial charge in [0.2, 0.25) is 0 Å².